The number of carbonyl (C=O) groups excluding carboxylic acids is 3. The highest BCUT2D eigenvalue weighted by Gasteiger charge is 2.63. The van der Waals surface area contributed by atoms with Crippen molar-refractivity contribution >= 4 is 17.5 Å². The predicted molar refractivity (Wildman–Crippen MR) is 140 cm³/mol. The monoisotopic (exact) mass is 534 g/mol. The summed E-state index contributed by atoms with van der Waals surface area (Å²) in [6.45, 7) is 2.28. The molecule has 0 saturated carbocycles. The van der Waals surface area contributed by atoms with Gasteiger partial charge in [-0.3, -0.25) is 19.3 Å². The first-order valence-electron chi connectivity index (χ1n) is 12.7. The van der Waals surface area contributed by atoms with Crippen LogP contribution in [0.5, 0.6) is 11.5 Å². The largest absolute Gasteiger partial charge is 0.510 e. The van der Waals surface area contributed by atoms with Crippen LogP contribution in [-0.4, -0.2) is 75.1 Å². The molecule has 4 atom stereocenters. The molecule has 10 nitrogen and oxygen atoms in total. The molecule has 3 aliphatic carbocycles. The van der Waals surface area contributed by atoms with E-state index in [-0.39, 0.29) is 29.7 Å². The Hall–Kier alpha value is -4.15. The van der Waals surface area contributed by atoms with Crippen molar-refractivity contribution in [2.45, 2.75) is 31.4 Å². The predicted octanol–water partition coefficient (Wildman–Crippen LogP) is 2.19. The Balaban J connectivity index is 1.72. The van der Waals surface area contributed by atoms with Crippen LogP contribution in [0.3, 0.4) is 0 Å². The van der Waals surface area contributed by atoms with Gasteiger partial charge in [-0.25, -0.2) is 0 Å². The number of ether oxygens (including phenoxy) is 1. The van der Waals surface area contributed by atoms with Crippen LogP contribution in [0, 0.1) is 11.8 Å². The third-order valence-corrected chi connectivity index (χ3v) is 8.08. The minimum atomic E-state index is -2.67. The van der Waals surface area contributed by atoms with E-state index in [0.717, 1.165) is 5.56 Å². The third kappa shape index (κ3) is 3.66. The number of para-hydroxylation sites is 1. The number of amides is 1. The second kappa shape index (κ2) is 9.25. The van der Waals surface area contributed by atoms with Gasteiger partial charge in [0, 0.05) is 17.1 Å². The van der Waals surface area contributed by atoms with E-state index in [1.165, 1.54) is 11.0 Å². The highest BCUT2D eigenvalue weighted by atomic mass is 16.5. The van der Waals surface area contributed by atoms with Gasteiger partial charge >= 0.3 is 0 Å². The number of rotatable bonds is 5. The average molecular weight is 535 g/mol. The Bertz CT molecular complexity index is 1490. The molecular formula is C29H30N2O8. The molecule has 3 aliphatic rings. The number of nitrogens with two attached hydrogens (primary N) is 1. The van der Waals surface area contributed by atoms with Crippen LogP contribution in [-0.2, 0) is 16.0 Å². The number of aromatic hydroxyl groups is 1. The van der Waals surface area contributed by atoms with Crippen molar-refractivity contribution in [3.05, 3.63) is 70.2 Å². The van der Waals surface area contributed by atoms with E-state index in [4.69, 9.17) is 10.5 Å². The lowest BCUT2D eigenvalue weighted by molar-refractivity contribution is -0.148. The minimum absolute atomic E-state index is 0.0218. The topological polar surface area (TPSA) is 171 Å². The van der Waals surface area contributed by atoms with Crippen molar-refractivity contribution in [1.29, 1.82) is 0 Å². The Morgan fingerprint density at radius 3 is 2.44 bits per heavy atom. The Kier molecular flexibility index (Phi) is 6.27. The molecule has 0 saturated heterocycles. The van der Waals surface area contributed by atoms with Crippen LogP contribution < -0.4 is 10.5 Å². The minimum Gasteiger partial charge on any atom is -0.510 e. The molecule has 204 valence electrons. The van der Waals surface area contributed by atoms with E-state index < -0.39 is 58.0 Å². The standard InChI is InChI=1S/C29H30N2O8/c1-4-39-19-8-6-5-7-15(19)14-9-10-18(32)21-16(14)11-13-12-17-23(31(2)3)25(34)22(28(30)37)27(36)29(17,38)26(35)20(13)24(21)33/h5-10,13,17,23,32,34-35,38H,4,11-12H2,1-3H3,(H2,30,37)/t13-,17-,23-,29-/m0/s1. The molecule has 1 amide bonds. The number of Topliss-reactive ketones (excluding diaryl/α,β-unsaturated/α-hetero) is 2. The number of aliphatic hydroxyl groups is 3. The van der Waals surface area contributed by atoms with E-state index in [0.29, 0.717) is 23.5 Å². The maximum absolute atomic E-state index is 13.9. The van der Waals surface area contributed by atoms with Crippen LogP contribution in [0.4, 0.5) is 0 Å². The number of hydrogen-bond donors (Lipinski definition) is 5. The molecule has 0 spiro atoms. The van der Waals surface area contributed by atoms with Gasteiger partial charge in [-0.05, 0) is 63.0 Å². The van der Waals surface area contributed by atoms with Crippen LogP contribution >= 0.6 is 0 Å². The summed E-state index contributed by atoms with van der Waals surface area (Å²) in [5, 5.41) is 44.8. The molecule has 0 heterocycles. The SMILES string of the molecule is CCOc1ccccc1-c1ccc(O)c2c1C[C@H]1C[C@H]3[C@H](N(C)C)C(O)=C(C(N)=O)C(=O)[C@@]3(O)C(O)=C1C2=O. The highest BCUT2D eigenvalue weighted by molar-refractivity contribution is 6.24. The molecule has 0 aliphatic heterocycles. The number of nitrogens with zero attached hydrogens (tertiary/aromatic N) is 1. The van der Waals surface area contributed by atoms with E-state index in [1.54, 1.807) is 26.2 Å². The van der Waals surface area contributed by atoms with Gasteiger partial charge in [0.15, 0.2) is 11.4 Å². The summed E-state index contributed by atoms with van der Waals surface area (Å²) in [5.41, 5.74) is 3.57. The number of benzene rings is 2. The fourth-order valence-corrected chi connectivity index (χ4v) is 6.47. The quantitative estimate of drug-likeness (QED) is 0.361. The number of carbonyl (C=O) groups is 3. The summed E-state index contributed by atoms with van der Waals surface area (Å²) in [7, 11) is 3.18. The van der Waals surface area contributed by atoms with Crippen molar-refractivity contribution in [2.24, 2.45) is 17.6 Å². The molecule has 39 heavy (non-hydrogen) atoms. The Morgan fingerprint density at radius 2 is 1.79 bits per heavy atom. The van der Waals surface area contributed by atoms with Crippen LogP contribution in [0.2, 0.25) is 0 Å². The molecule has 2 aromatic carbocycles. The van der Waals surface area contributed by atoms with Gasteiger partial charge in [-0.15, -0.1) is 0 Å². The molecule has 10 heteroatoms. The van der Waals surface area contributed by atoms with Gasteiger partial charge in [0.05, 0.1) is 18.2 Å². The summed E-state index contributed by atoms with van der Waals surface area (Å²) in [5.74, 6) is -6.19. The lowest BCUT2D eigenvalue weighted by Gasteiger charge is -2.50. The van der Waals surface area contributed by atoms with E-state index in [9.17, 15) is 34.8 Å². The van der Waals surface area contributed by atoms with Gasteiger partial charge in [0.25, 0.3) is 5.91 Å². The van der Waals surface area contributed by atoms with Gasteiger partial charge < -0.3 is 30.9 Å². The number of phenols is 1. The highest BCUT2D eigenvalue weighted by Crippen LogP contribution is 2.53. The molecular weight excluding hydrogens is 504 g/mol. The third-order valence-electron chi connectivity index (χ3n) is 8.08. The Morgan fingerprint density at radius 1 is 1.10 bits per heavy atom. The molecule has 0 bridgehead atoms. The molecule has 0 radical (unpaired) electrons. The fourth-order valence-electron chi connectivity index (χ4n) is 6.47. The number of phenolic OH excluding ortho intramolecular Hbond substituents is 1. The normalized spacial score (nSPS) is 26.3. The van der Waals surface area contributed by atoms with E-state index in [2.05, 4.69) is 0 Å². The molecule has 6 N–H and O–H groups in total. The van der Waals surface area contributed by atoms with Crippen molar-refractivity contribution < 1.29 is 39.5 Å². The van der Waals surface area contributed by atoms with E-state index >= 15 is 0 Å². The van der Waals surface area contributed by atoms with Crippen molar-refractivity contribution in [2.75, 3.05) is 20.7 Å². The Labute approximate surface area is 224 Å². The van der Waals surface area contributed by atoms with Gasteiger partial charge in [0.2, 0.25) is 5.78 Å². The average Bonchev–Trinajstić information content (AvgIpc) is 2.87. The van der Waals surface area contributed by atoms with Crippen molar-refractivity contribution in [3.63, 3.8) is 0 Å². The summed E-state index contributed by atoms with van der Waals surface area (Å²) in [6.07, 6.45) is 0.215. The first kappa shape index (κ1) is 26.5. The van der Waals surface area contributed by atoms with E-state index in [1.807, 2.05) is 25.1 Å². The number of aliphatic hydroxyl groups excluding tert-OH is 2. The number of ketones is 2. The summed E-state index contributed by atoms with van der Waals surface area (Å²) < 4.78 is 5.80. The maximum Gasteiger partial charge on any atom is 0.255 e. The molecule has 0 aromatic heterocycles. The van der Waals surface area contributed by atoms with Crippen LogP contribution in [0.25, 0.3) is 11.1 Å². The number of allylic oxidation sites excluding steroid dienone is 1. The lowest BCUT2D eigenvalue weighted by Crippen LogP contribution is -2.63. The molecule has 2 aromatic rings. The molecule has 0 unspecified atom stereocenters. The first-order valence-corrected chi connectivity index (χ1v) is 12.7. The zero-order valence-electron chi connectivity index (χ0n) is 21.8. The van der Waals surface area contributed by atoms with Crippen LogP contribution in [0.15, 0.2) is 59.1 Å². The van der Waals surface area contributed by atoms with Crippen molar-refractivity contribution in [3.8, 4) is 22.6 Å². The number of likely N-dealkylation sites (N-methyl/N-ethyl adjacent to an activating group) is 1. The number of primary amides is 1. The number of fused-ring (bicyclic) bond motifs is 3. The van der Waals surface area contributed by atoms with Gasteiger partial charge in [0.1, 0.15) is 28.6 Å². The first-order chi connectivity index (χ1) is 18.4. The smallest absolute Gasteiger partial charge is 0.255 e. The second-order valence-electron chi connectivity index (χ2n) is 10.4. The summed E-state index contributed by atoms with van der Waals surface area (Å²) >= 11 is 0. The van der Waals surface area contributed by atoms with Crippen molar-refractivity contribution in [1.82, 2.24) is 4.90 Å². The maximum atomic E-state index is 13.9. The van der Waals surface area contributed by atoms with Gasteiger partial charge in [-0.1, -0.05) is 24.3 Å². The summed E-state index contributed by atoms with van der Waals surface area (Å²) in [4.78, 5) is 40.9. The summed E-state index contributed by atoms with van der Waals surface area (Å²) in [6, 6.07) is 9.36. The lowest BCUT2D eigenvalue weighted by atomic mass is 9.58. The zero-order valence-corrected chi connectivity index (χ0v) is 21.8. The zero-order chi connectivity index (χ0) is 28.4. The molecule has 5 rings (SSSR count). The fraction of sp³-hybridized carbons (Fsp3) is 0.345. The van der Waals surface area contributed by atoms with Crippen LogP contribution in [0.1, 0.15) is 29.3 Å². The number of hydrogen-bond acceptors (Lipinski definition) is 9. The van der Waals surface area contributed by atoms with Gasteiger partial charge in [-0.2, -0.15) is 0 Å². The molecule has 0 fully saturated rings. The second-order valence-corrected chi connectivity index (χ2v) is 10.4.